The molecule has 0 aromatic carbocycles. The molecule has 0 radical (unpaired) electrons. The van der Waals surface area contributed by atoms with Gasteiger partial charge < -0.3 is 4.42 Å². The number of aromatic nitrogens is 1. The van der Waals surface area contributed by atoms with Gasteiger partial charge >= 0.3 is 0 Å². The summed E-state index contributed by atoms with van der Waals surface area (Å²) in [5, 5.41) is 0. The molecule has 0 aliphatic heterocycles. The van der Waals surface area contributed by atoms with Crippen molar-refractivity contribution in [3.63, 3.8) is 0 Å². The van der Waals surface area contributed by atoms with Crippen LogP contribution in [0.4, 0.5) is 0 Å². The van der Waals surface area contributed by atoms with Gasteiger partial charge in [-0.3, -0.25) is 25.4 Å². The molecule has 102 valence electrons. The molecule has 2 rings (SSSR count). The Kier molecular flexibility index (Phi) is 4.67. The molecule has 6 nitrogen and oxygen atoms in total. The van der Waals surface area contributed by atoms with E-state index >= 15 is 0 Å². The third kappa shape index (κ3) is 4.06. The van der Waals surface area contributed by atoms with E-state index in [9.17, 15) is 9.59 Å². The molecule has 2 heterocycles. The molecule has 2 N–H and O–H groups in total. The number of carbonyl (C=O) groups is 2. The predicted octanol–water partition coefficient (Wildman–Crippen LogP) is 1.91. The first-order valence-corrected chi connectivity index (χ1v) is 6.39. The SMILES string of the molecule is O=C(/C=C/c1ccc(Br)o1)NNC(=O)c1ccccn1. The van der Waals surface area contributed by atoms with Crippen molar-refractivity contribution in [3.05, 3.63) is 58.7 Å². The van der Waals surface area contributed by atoms with Crippen LogP contribution >= 0.6 is 15.9 Å². The molecule has 0 fully saturated rings. The number of nitrogens with one attached hydrogen (secondary N) is 2. The standard InChI is InChI=1S/C13H10BrN3O3/c14-11-6-4-9(20-11)5-7-12(18)16-17-13(19)10-3-1-2-8-15-10/h1-8H,(H,16,18)(H,17,19)/b7-5+. The second kappa shape index (κ2) is 6.67. The summed E-state index contributed by atoms with van der Waals surface area (Å²) in [6.07, 6.45) is 4.21. The quantitative estimate of drug-likeness (QED) is 0.662. The number of rotatable bonds is 3. The van der Waals surface area contributed by atoms with Crippen molar-refractivity contribution in [2.75, 3.05) is 0 Å². The first-order chi connectivity index (χ1) is 9.65. The number of furan rings is 1. The van der Waals surface area contributed by atoms with Crippen LogP contribution in [-0.4, -0.2) is 16.8 Å². The van der Waals surface area contributed by atoms with Crippen LogP contribution in [0.2, 0.25) is 0 Å². The average molecular weight is 336 g/mol. The monoisotopic (exact) mass is 335 g/mol. The highest BCUT2D eigenvalue weighted by atomic mass is 79.9. The molecule has 0 bridgehead atoms. The lowest BCUT2D eigenvalue weighted by Crippen LogP contribution is -2.41. The van der Waals surface area contributed by atoms with E-state index in [-0.39, 0.29) is 5.69 Å². The van der Waals surface area contributed by atoms with Crippen LogP contribution in [0.1, 0.15) is 16.2 Å². The van der Waals surface area contributed by atoms with Crippen LogP contribution < -0.4 is 10.9 Å². The molecule has 7 heteroatoms. The Bertz CT molecular complexity index is 637. The largest absolute Gasteiger partial charge is 0.450 e. The molecule has 2 aromatic heterocycles. The van der Waals surface area contributed by atoms with Crippen molar-refractivity contribution < 1.29 is 14.0 Å². The summed E-state index contributed by atoms with van der Waals surface area (Å²) in [6.45, 7) is 0. The van der Waals surface area contributed by atoms with Crippen molar-refractivity contribution in [1.82, 2.24) is 15.8 Å². The molecule has 20 heavy (non-hydrogen) atoms. The highest BCUT2D eigenvalue weighted by Gasteiger charge is 2.06. The van der Waals surface area contributed by atoms with Crippen LogP contribution in [-0.2, 0) is 4.79 Å². The zero-order valence-corrected chi connectivity index (χ0v) is 11.8. The van der Waals surface area contributed by atoms with Gasteiger partial charge in [0.15, 0.2) is 4.67 Å². The number of hydrazine groups is 1. The van der Waals surface area contributed by atoms with Gasteiger partial charge in [-0.25, -0.2) is 0 Å². The van der Waals surface area contributed by atoms with E-state index in [1.807, 2.05) is 0 Å². The van der Waals surface area contributed by atoms with Crippen LogP contribution in [0.25, 0.3) is 6.08 Å². The van der Waals surface area contributed by atoms with E-state index in [1.54, 1.807) is 24.3 Å². The molecule has 0 saturated heterocycles. The molecular weight excluding hydrogens is 326 g/mol. The Hall–Kier alpha value is -2.41. The molecule has 0 aliphatic carbocycles. The fourth-order valence-electron chi connectivity index (χ4n) is 1.30. The Balaban J connectivity index is 1.83. The van der Waals surface area contributed by atoms with E-state index in [0.29, 0.717) is 10.4 Å². The summed E-state index contributed by atoms with van der Waals surface area (Å²) in [5.74, 6) is -0.460. The summed E-state index contributed by atoms with van der Waals surface area (Å²) in [5.41, 5.74) is 4.70. The Morgan fingerprint density at radius 2 is 2.05 bits per heavy atom. The highest BCUT2D eigenvalue weighted by Crippen LogP contribution is 2.14. The van der Waals surface area contributed by atoms with Crippen molar-refractivity contribution in [3.8, 4) is 0 Å². The lowest BCUT2D eigenvalue weighted by molar-refractivity contribution is -0.117. The van der Waals surface area contributed by atoms with Crippen molar-refractivity contribution >= 4 is 33.8 Å². The molecule has 0 spiro atoms. The van der Waals surface area contributed by atoms with Gasteiger partial charge in [0.1, 0.15) is 11.5 Å². The van der Waals surface area contributed by atoms with Crippen molar-refractivity contribution in [2.45, 2.75) is 0 Å². The third-order valence-electron chi connectivity index (χ3n) is 2.19. The van der Waals surface area contributed by atoms with E-state index in [1.165, 1.54) is 24.4 Å². The van der Waals surface area contributed by atoms with Gasteiger partial charge in [-0.15, -0.1) is 0 Å². The molecular formula is C13H10BrN3O3. The maximum absolute atomic E-state index is 11.6. The van der Waals surface area contributed by atoms with Gasteiger partial charge in [-0.2, -0.15) is 0 Å². The lowest BCUT2D eigenvalue weighted by Gasteiger charge is -2.03. The normalized spacial score (nSPS) is 10.4. The van der Waals surface area contributed by atoms with Gasteiger partial charge in [0.2, 0.25) is 0 Å². The fourth-order valence-corrected chi connectivity index (χ4v) is 1.62. The zero-order chi connectivity index (χ0) is 14.4. The van der Waals surface area contributed by atoms with Crippen LogP contribution in [0, 0.1) is 0 Å². The molecule has 2 aromatic rings. The minimum absolute atomic E-state index is 0.215. The van der Waals surface area contributed by atoms with Crippen LogP contribution in [0.3, 0.4) is 0 Å². The van der Waals surface area contributed by atoms with Gasteiger partial charge in [-0.05, 0) is 46.3 Å². The Labute approximate surface area is 123 Å². The number of carbonyl (C=O) groups excluding carboxylic acids is 2. The van der Waals surface area contributed by atoms with E-state index in [0.717, 1.165) is 0 Å². The number of hydrogen-bond acceptors (Lipinski definition) is 4. The summed E-state index contributed by atoms with van der Waals surface area (Å²) in [6, 6.07) is 8.32. The number of nitrogens with zero attached hydrogens (tertiary/aromatic N) is 1. The fraction of sp³-hybridized carbons (Fsp3) is 0. The molecule has 2 amide bonds. The molecule has 0 atom stereocenters. The average Bonchev–Trinajstić information content (AvgIpc) is 2.89. The van der Waals surface area contributed by atoms with Gasteiger partial charge in [0.05, 0.1) is 0 Å². The summed E-state index contributed by atoms with van der Waals surface area (Å²) in [7, 11) is 0. The first kappa shape index (κ1) is 14.0. The number of halogens is 1. The van der Waals surface area contributed by atoms with Crippen LogP contribution in [0.15, 0.2) is 51.7 Å². The lowest BCUT2D eigenvalue weighted by atomic mass is 10.3. The first-order valence-electron chi connectivity index (χ1n) is 5.60. The second-order valence-corrected chi connectivity index (χ2v) is 4.42. The maximum Gasteiger partial charge on any atom is 0.288 e. The molecule has 0 saturated carbocycles. The highest BCUT2D eigenvalue weighted by molar-refractivity contribution is 9.10. The number of amides is 2. The van der Waals surface area contributed by atoms with E-state index in [2.05, 4.69) is 31.8 Å². The minimum atomic E-state index is -0.493. The summed E-state index contributed by atoms with van der Waals surface area (Å²) in [4.78, 5) is 26.9. The van der Waals surface area contributed by atoms with Crippen molar-refractivity contribution in [1.29, 1.82) is 0 Å². The number of pyridine rings is 1. The van der Waals surface area contributed by atoms with E-state index in [4.69, 9.17) is 4.42 Å². The van der Waals surface area contributed by atoms with Gasteiger partial charge in [0, 0.05) is 12.3 Å². The Morgan fingerprint density at radius 1 is 1.20 bits per heavy atom. The minimum Gasteiger partial charge on any atom is -0.450 e. The smallest absolute Gasteiger partial charge is 0.288 e. The predicted molar refractivity (Wildman–Crippen MR) is 75.3 cm³/mol. The zero-order valence-electron chi connectivity index (χ0n) is 10.2. The Morgan fingerprint density at radius 3 is 2.70 bits per heavy atom. The third-order valence-corrected chi connectivity index (χ3v) is 2.62. The summed E-state index contributed by atoms with van der Waals surface area (Å²) < 4.78 is 5.75. The number of hydrogen-bond donors (Lipinski definition) is 2. The van der Waals surface area contributed by atoms with Crippen molar-refractivity contribution in [2.24, 2.45) is 0 Å². The second-order valence-electron chi connectivity index (χ2n) is 3.63. The van der Waals surface area contributed by atoms with Gasteiger partial charge in [0.25, 0.3) is 11.8 Å². The maximum atomic E-state index is 11.6. The molecule has 0 aliphatic rings. The van der Waals surface area contributed by atoms with Crippen LogP contribution in [0.5, 0.6) is 0 Å². The summed E-state index contributed by atoms with van der Waals surface area (Å²) >= 11 is 3.15. The molecule has 0 unspecified atom stereocenters. The topological polar surface area (TPSA) is 84.2 Å². The van der Waals surface area contributed by atoms with Gasteiger partial charge in [-0.1, -0.05) is 6.07 Å². The van der Waals surface area contributed by atoms with E-state index < -0.39 is 11.8 Å².